The molecule has 2 N–H and O–H groups in total. The summed E-state index contributed by atoms with van der Waals surface area (Å²) >= 11 is 11.0. The SMILES string of the molecule is CN1CCSCC1C(N)c1ccc(Br)c(Cl)c1F. The van der Waals surface area contributed by atoms with E-state index in [0.29, 0.717) is 10.0 Å². The van der Waals surface area contributed by atoms with E-state index in [2.05, 4.69) is 20.8 Å². The first-order valence-electron chi connectivity index (χ1n) is 5.69. The molecule has 1 heterocycles. The Morgan fingerprint density at radius 3 is 3.00 bits per heavy atom. The number of thioether (sulfide) groups is 1. The highest BCUT2D eigenvalue weighted by Crippen LogP contribution is 2.33. The van der Waals surface area contributed by atoms with Crippen molar-refractivity contribution < 1.29 is 4.39 Å². The second-order valence-electron chi connectivity index (χ2n) is 4.41. The summed E-state index contributed by atoms with van der Waals surface area (Å²) in [4.78, 5) is 2.19. The maximum Gasteiger partial charge on any atom is 0.147 e. The van der Waals surface area contributed by atoms with E-state index >= 15 is 0 Å². The fraction of sp³-hybridized carbons (Fsp3) is 0.500. The lowest BCUT2D eigenvalue weighted by Gasteiger charge is -2.36. The third-order valence-corrected chi connectivity index (χ3v) is 5.59. The molecular weight excluding hydrogens is 339 g/mol. The fourth-order valence-electron chi connectivity index (χ4n) is 2.09. The summed E-state index contributed by atoms with van der Waals surface area (Å²) in [6.07, 6.45) is 0. The molecule has 1 aliphatic rings. The Bertz CT molecular complexity index is 446. The molecule has 18 heavy (non-hydrogen) atoms. The van der Waals surface area contributed by atoms with Gasteiger partial charge < -0.3 is 5.73 Å². The van der Waals surface area contributed by atoms with Crippen molar-refractivity contribution in [2.45, 2.75) is 12.1 Å². The highest BCUT2D eigenvalue weighted by atomic mass is 79.9. The number of rotatable bonds is 2. The van der Waals surface area contributed by atoms with Gasteiger partial charge in [-0.1, -0.05) is 17.7 Å². The van der Waals surface area contributed by atoms with Crippen molar-refractivity contribution in [1.29, 1.82) is 0 Å². The molecule has 1 saturated heterocycles. The molecule has 1 aromatic rings. The van der Waals surface area contributed by atoms with E-state index in [4.69, 9.17) is 17.3 Å². The molecule has 1 aliphatic heterocycles. The maximum atomic E-state index is 14.1. The average Bonchev–Trinajstić information content (AvgIpc) is 2.36. The van der Waals surface area contributed by atoms with Gasteiger partial charge in [0.25, 0.3) is 0 Å². The van der Waals surface area contributed by atoms with Gasteiger partial charge in [0, 0.05) is 40.2 Å². The third kappa shape index (κ3) is 2.85. The minimum absolute atomic E-state index is 0.106. The van der Waals surface area contributed by atoms with E-state index in [9.17, 15) is 4.39 Å². The quantitative estimate of drug-likeness (QED) is 0.827. The number of hydrogen-bond donors (Lipinski definition) is 1. The second kappa shape index (κ2) is 6.09. The number of nitrogens with two attached hydrogens (primary N) is 1. The Kier molecular flexibility index (Phi) is 4.94. The Hall–Kier alpha value is 0.190. The lowest BCUT2D eigenvalue weighted by molar-refractivity contribution is 0.235. The first kappa shape index (κ1) is 14.6. The Morgan fingerprint density at radius 2 is 2.33 bits per heavy atom. The zero-order valence-electron chi connectivity index (χ0n) is 10.00. The lowest BCUT2D eigenvalue weighted by Crippen LogP contribution is -2.46. The smallest absolute Gasteiger partial charge is 0.147 e. The van der Waals surface area contributed by atoms with Crippen molar-refractivity contribution in [3.63, 3.8) is 0 Å². The molecule has 0 radical (unpaired) electrons. The van der Waals surface area contributed by atoms with Crippen LogP contribution in [0, 0.1) is 5.82 Å². The van der Waals surface area contributed by atoms with Crippen LogP contribution in [0.1, 0.15) is 11.6 Å². The largest absolute Gasteiger partial charge is 0.323 e. The molecule has 0 spiro atoms. The fourth-order valence-corrected chi connectivity index (χ4v) is 3.85. The van der Waals surface area contributed by atoms with Gasteiger partial charge in [-0.05, 0) is 29.0 Å². The predicted octanol–water partition coefficient (Wildman–Crippen LogP) is 3.29. The summed E-state index contributed by atoms with van der Waals surface area (Å²) < 4.78 is 14.7. The van der Waals surface area contributed by atoms with Gasteiger partial charge in [0.05, 0.1) is 5.02 Å². The van der Waals surface area contributed by atoms with Crippen molar-refractivity contribution in [2.75, 3.05) is 25.1 Å². The third-order valence-electron chi connectivity index (χ3n) is 3.28. The molecular formula is C12H15BrClFN2S. The molecule has 100 valence electrons. The number of hydrogen-bond acceptors (Lipinski definition) is 3. The molecule has 0 aromatic heterocycles. The number of nitrogens with zero attached hydrogens (tertiary/aromatic N) is 1. The molecule has 0 bridgehead atoms. The first-order chi connectivity index (χ1) is 8.52. The molecule has 6 heteroatoms. The average molecular weight is 354 g/mol. The second-order valence-corrected chi connectivity index (χ2v) is 6.80. The molecule has 0 aliphatic carbocycles. The van der Waals surface area contributed by atoms with Crippen LogP contribution < -0.4 is 5.73 Å². The first-order valence-corrected chi connectivity index (χ1v) is 8.02. The molecule has 2 nitrogen and oxygen atoms in total. The van der Waals surface area contributed by atoms with Crippen LogP contribution in [0.15, 0.2) is 16.6 Å². The zero-order valence-corrected chi connectivity index (χ0v) is 13.2. The van der Waals surface area contributed by atoms with E-state index < -0.39 is 5.82 Å². The Balaban J connectivity index is 2.28. The highest BCUT2D eigenvalue weighted by Gasteiger charge is 2.29. The summed E-state index contributed by atoms with van der Waals surface area (Å²) in [5.41, 5.74) is 6.70. The molecule has 2 unspecified atom stereocenters. The molecule has 1 aromatic carbocycles. The normalized spacial score (nSPS) is 23.1. The van der Waals surface area contributed by atoms with Crippen LogP contribution in [0.3, 0.4) is 0 Å². The summed E-state index contributed by atoms with van der Waals surface area (Å²) in [7, 11) is 2.03. The molecule has 2 atom stereocenters. The van der Waals surface area contributed by atoms with E-state index in [-0.39, 0.29) is 17.1 Å². The summed E-state index contributed by atoms with van der Waals surface area (Å²) in [5.74, 6) is 1.61. The molecule has 2 rings (SSSR count). The zero-order chi connectivity index (χ0) is 13.3. The van der Waals surface area contributed by atoms with Gasteiger partial charge in [-0.2, -0.15) is 11.8 Å². The molecule has 0 saturated carbocycles. The van der Waals surface area contributed by atoms with Crippen molar-refractivity contribution in [2.24, 2.45) is 5.73 Å². The van der Waals surface area contributed by atoms with Gasteiger partial charge in [-0.25, -0.2) is 4.39 Å². The van der Waals surface area contributed by atoms with Gasteiger partial charge in [-0.3, -0.25) is 4.90 Å². The number of benzene rings is 1. The van der Waals surface area contributed by atoms with Gasteiger partial charge in [0.15, 0.2) is 0 Å². The van der Waals surface area contributed by atoms with Crippen LogP contribution in [-0.2, 0) is 0 Å². The van der Waals surface area contributed by atoms with E-state index in [1.807, 2.05) is 18.8 Å². The topological polar surface area (TPSA) is 29.3 Å². The summed E-state index contributed by atoms with van der Waals surface area (Å²) in [6, 6.07) is 3.25. The van der Waals surface area contributed by atoms with Crippen LogP contribution in [-0.4, -0.2) is 36.0 Å². The van der Waals surface area contributed by atoms with Crippen molar-refractivity contribution >= 4 is 39.3 Å². The van der Waals surface area contributed by atoms with E-state index in [0.717, 1.165) is 18.1 Å². The number of likely N-dealkylation sites (N-methyl/N-ethyl adjacent to an activating group) is 1. The summed E-state index contributed by atoms with van der Waals surface area (Å²) in [5, 5.41) is 0.106. The van der Waals surface area contributed by atoms with Crippen LogP contribution in [0.5, 0.6) is 0 Å². The minimum Gasteiger partial charge on any atom is -0.323 e. The van der Waals surface area contributed by atoms with Crippen LogP contribution >= 0.6 is 39.3 Å². The Morgan fingerprint density at radius 1 is 1.61 bits per heavy atom. The summed E-state index contributed by atoms with van der Waals surface area (Å²) in [6.45, 7) is 0.981. The van der Waals surface area contributed by atoms with Gasteiger partial charge in [0.1, 0.15) is 5.82 Å². The van der Waals surface area contributed by atoms with Crippen LogP contribution in [0.2, 0.25) is 5.02 Å². The standard InChI is InChI=1S/C12H15BrClFN2S/c1-17-4-5-18-6-9(17)12(16)7-2-3-8(13)10(14)11(7)15/h2-3,9,12H,4-6,16H2,1H3. The lowest BCUT2D eigenvalue weighted by atomic mass is 9.99. The van der Waals surface area contributed by atoms with Gasteiger partial charge in [-0.15, -0.1) is 0 Å². The Labute approximate surface area is 124 Å². The van der Waals surface area contributed by atoms with Crippen molar-refractivity contribution in [3.8, 4) is 0 Å². The van der Waals surface area contributed by atoms with Crippen molar-refractivity contribution in [3.05, 3.63) is 33.0 Å². The van der Waals surface area contributed by atoms with E-state index in [1.54, 1.807) is 12.1 Å². The molecule has 1 fully saturated rings. The van der Waals surface area contributed by atoms with Gasteiger partial charge in [0.2, 0.25) is 0 Å². The molecule has 0 amide bonds. The van der Waals surface area contributed by atoms with Gasteiger partial charge >= 0.3 is 0 Å². The minimum atomic E-state index is -0.414. The van der Waals surface area contributed by atoms with Crippen LogP contribution in [0.25, 0.3) is 0 Å². The maximum absolute atomic E-state index is 14.1. The van der Waals surface area contributed by atoms with E-state index in [1.165, 1.54) is 0 Å². The monoisotopic (exact) mass is 352 g/mol. The predicted molar refractivity (Wildman–Crippen MR) is 79.8 cm³/mol. The highest BCUT2D eigenvalue weighted by molar-refractivity contribution is 9.10. The van der Waals surface area contributed by atoms with Crippen molar-refractivity contribution in [1.82, 2.24) is 4.90 Å². The van der Waals surface area contributed by atoms with Crippen LogP contribution in [0.4, 0.5) is 4.39 Å². The number of halogens is 3.